The summed E-state index contributed by atoms with van der Waals surface area (Å²) in [5.74, 6) is -1.24. The highest BCUT2D eigenvalue weighted by atomic mass is 35.5. The van der Waals surface area contributed by atoms with E-state index in [4.69, 9.17) is 55.7 Å². The van der Waals surface area contributed by atoms with Gasteiger partial charge in [-0.05, 0) is 24.3 Å². The lowest BCUT2D eigenvalue weighted by Crippen LogP contribution is -2.15. The first kappa shape index (κ1) is 22.1. The maximum absolute atomic E-state index is 12.8. The number of hydrogen-bond donors (Lipinski definition) is 0. The Morgan fingerprint density at radius 3 is 1.26 bits per heavy atom. The highest BCUT2D eigenvalue weighted by molar-refractivity contribution is 6.40. The first-order valence-electron chi connectivity index (χ1n) is 6.59. The van der Waals surface area contributed by atoms with Crippen LogP contribution in [0.25, 0.3) is 0 Å². The Labute approximate surface area is 169 Å². The van der Waals surface area contributed by atoms with E-state index >= 15 is 0 Å². The summed E-state index contributed by atoms with van der Waals surface area (Å²) in [5.41, 5.74) is -2.46. The Balaban J connectivity index is 2.26. The van der Waals surface area contributed by atoms with Gasteiger partial charge in [-0.1, -0.05) is 46.4 Å². The average molecular weight is 471 g/mol. The van der Waals surface area contributed by atoms with Crippen molar-refractivity contribution in [2.45, 2.75) is 12.4 Å². The molecule has 0 saturated carbocycles. The Kier molecular flexibility index (Phi) is 6.61. The van der Waals surface area contributed by atoms with Gasteiger partial charge in [0.15, 0.2) is 0 Å². The van der Waals surface area contributed by atoms with Gasteiger partial charge in [0.25, 0.3) is 0 Å². The van der Waals surface area contributed by atoms with Crippen LogP contribution in [0, 0.1) is 0 Å². The third-order valence-corrected chi connectivity index (χ3v) is 4.39. The van der Waals surface area contributed by atoms with Gasteiger partial charge in [-0.3, -0.25) is 0 Å². The van der Waals surface area contributed by atoms with E-state index < -0.39 is 45.0 Å². The molecule has 0 atom stereocenters. The highest BCUT2D eigenvalue weighted by Crippen LogP contribution is 2.44. The Bertz CT molecular complexity index is 787. The summed E-state index contributed by atoms with van der Waals surface area (Å²) in [7, 11) is 0.403. The quantitative estimate of drug-likeness (QED) is 0.344. The van der Waals surface area contributed by atoms with Gasteiger partial charge in [0, 0.05) is 0 Å². The molecule has 145 valence electrons. The van der Waals surface area contributed by atoms with E-state index in [1.165, 1.54) is 0 Å². The van der Waals surface area contributed by atoms with Gasteiger partial charge in [-0.2, -0.15) is 26.3 Å². The molecule has 0 aromatic heterocycles. The minimum atomic E-state index is -4.78. The SMILES string of the molecule is FC(F)(F)c1ccc(Cl)c(O[B]Oc2c(Cl)ccc(C(F)(F)F)c2Cl)c1Cl. The minimum absolute atomic E-state index is 0.297. The van der Waals surface area contributed by atoms with Crippen molar-refractivity contribution in [3.8, 4) is 11.5 Å². The van der Waals surface area contributed by atoms with Crippen LogP contribution in [0.15, 0.2) is 24.3 Å². The molecule has 0 saturated heterocycles. The van der Waals surface area contributed by atoms with Crippen LogP contribution in [-0.2, 0) is 12.4 Å². The van der Waals surface area contributed by atoms with E-state index in [2.05, 4.69) is 0 Å². The maximum atomic E-state index is 12.8. The third-order valence-electron chi connectivity index (χ3n) is 3.04. The predicted octanol–water partition coefficient (Wildman–Crippen LogP) is 7.33. The molecule has 2 rings (SSSR count). The normalized spacial score (nSPS) is 12.1. The molecule has 0 aliphatic rings. The van der Waals surface area contributed by atoms with Crippen molar-refractivity contribution < 1.29 is 35.7 Å². The largest absolute Gasteiger partial charge is 0.658 e. The fourth-order valence-electron chi connectivity index (χ4n) is 1.84. The molecule has 0 N–H and O–H groups in total. The fraction of sp³-hybridized carbons (Fsp3) is 0.143. The van der Waals surface area contributed by atoms with Crippen molar-refractivity contribution in [2.75, 3.05) is 0 Å². The van der Waals surface area contributed by atoms with Gasteiger partial charge >= 0.3 is 20.0 Å². The molecule has 0 aliphatic heterocycles. The summed E-state index contributed by atoms with van der Waals surface area (Å²) in [6.07, 6.45) is -9.57. The summed E-state index contributed by atoms with van der Waals surface area (Å²) in [4.78, 5) is 0. The molecule has 0 aliphatic carbocycles. The molecule has 27 heavy (non-hydrogen) atoms. The van der Waals surface area contributed by atoms with Crippen LogP contribution in [-0.4, -0.2) is 7.69 Å². The number of benzene rings is 2. The van der Waals surface area contributed by atoms with Crippen LogP contribution < -0.4 is 9.31 Å². The highest BCUT2D eigenvalue weighted by Gasteiger charge is 2.36. The molecular formula is C14H4BCl4F6O2. The topological polar surface area (TPSA) is 18.5 Å². The summed E-state index contributed by atoms with van der Waals surface area (Å²) in [6, 6.07) is 3.03. The summed E-state index contributed by atoms with van der Waals surface area (Å²) in [6.45, 7) is 0. The summed E-state index contributed by atoms with van der Waals surface area (Å²) < 4.78 is 86.7. The molecule has 0 bridgehead atoms. The van der Waals surface area contributed by atoms with Gasteiger partial charge in [0.05, 0.1) is 31.2 Å². The second-order valence-corrected chi connectivity index (χ2v) is 6.37. The standard InChI is InChI=1S/C14H4BCl4F6O2/c16-7-3-1-5(13(20,21)22)9(18)11(7)26-15-27-12-8(17)4-2-6(10(12)19)14(23,24)25/h1-4H. The Morgan fingerprint density at radius 2 is 0.963 bits per heavy atom. The first-order valence-corrected chi connectivity index (χ1v) is 8.10. The molecular weight excluding hydrogens is 467 g/mol. The third kappa shape index (κ3) is 5.02. The van der Waals surface area contributed by atoms with E-state index in [0.717, 1.165) is 12.1 Å². The van der Waals surface area contributed by atoms with Gasteiger partial charge in [-0.25, -0.2) is 0 Å². The second kappa shape index (κ2) is 8.07. The van der Waals surface area contributed by atoms with E-state index in [9.17, 15) is 26.3 Å². The zero-order valence-corrected chi connectivity index (χ0v) is 15.5. The van der Waals surface area contributed by atoms with Crippen LogP contribution in [0.1, 0.15) is 11.1 Å². The van der Waals surface area contributed by atoms with Gasteiger partial charge < -0.3 is 9.31 Å². The van der Waals surface area contributed by atoms with Gasteiger partial charge in [-0.15, -0.1) is 0 Å². The summed E-state index contributed by atoms with van der Waals surface area (Å²) >= 11 is 22.7. The van der Waals surface area contributed by atoms with Crippen molar-refractivity contribution in [3.63, 3.8) is 0 Å². The van der Waals surface area contributed by atoms with Crippen molar-refractivity contribution in [1.82, 2.24) is 0 Å². The average Bonchev–Trinajstić information content (AvgIpc) is 2.50. The molecule has 0 fully saturated rings. The van der Waals surface area contributed by atoms with Crippen molar-refractivity contribution in [1.29, 1.82) is 0 Å². The molecule has 13 heteroatoms. The first-order chi connectivity index (χ1) is 12.3. The molecule has 2 aromatic rings. The van der Waals surface area contributed by atoms with Crippen molar-refractivity contribution in [2.24, 2.45) is 0 Å². The Morgan fingerprint density at radius 1 is 0.630 bits per heavy atom. The van der Waals surface area contributed by atoms with E-state index in [1.807, 2.05) is 0 Å². The van der Waals surface area contributed by atoms with Crippen LogP contribution in [0.5, 0.6) is 11.5 Å². The number of alkyl halides is 6. The number of hydrogen-bond acceptors (Lipinski definition) is 2. The molecule has 0 spiro atoms. The minimum Gasteiger partial charge on any atom is -0.524 e. The lowest BCUT2D eigenvalue weighted by atomic mass is 10.2. The molecule has 0 heterocycles. The lowest BCUT2D eigenvalue weighted by molar-refractivity contribution is -0.138. The predicted molar refractivity (Wildman–Crippen MR) is 89.9 cm³/mol. The van der Waals surface area contributed by atoms with E-state index in [0.29, 0.717) is 19.8 Å². The van der Waals surface area contributed by atoms with Crippen LogP contribution in [0.2, 0.25) is 20.1 Å². The zero-order valence-electron chi connectivity index (χ0n) is 12.5. The van der Waals surface area contributed by atoms with Gasteiger partial charge in [0.1, 0.15) is 11.5 Å². The number of halogens is 10. The maximum Gasteiger partial charge on any atom is 0.658 e. The second-order valence-electron chi connectivity index (χ2n) is 4.80. The van der Waals surface area contributed by atoms with E-state index in [1.54, 1.807) is 0 Å². The molecule has 1 radical (unpaired) electrons. The lowest BCUT2D eigenvalue weighted by Gasteiger charge is -2.16. The molecule has 2 nitrogen and oxygen atoms in total. The number of rotatable bonds is 4. The smallest absolute Gasteiger partial charge is 0.524 e. The van der Waals surface area contributed by atoms with Gasteiger partial charge in [0.2, 0.25) is 0 Å². The monoisotopic (exact) mass is 469 g/mol. The van der Waals surface area contributed by atoms with Crippen LogP contribution in [0.4, 0.5) is 26.3 Å². The Hall–Kier alpha value is -1.16. The molecule has 0 amide bonds. The van der Waals surface area contributed by atoms with Crippen molar-refractivity contribution in [3.05, 3.63) is 55.5 Å². The zero-order chi connectivity index (χ0) is 20.6. The molecule has 2 aromatic carbocycles. The summed E-state index contributed by atoms with van der Waals surface area (Å²) in [5, 5.41) is -2.32. The molecule has 0 unspecified atom stereocenters. The van der Waals surface area contributed by atoms with Crippen LogP contribution in [0.3, 0.4) is 0 Å². The van der Waals surface area contributed by atoms with E-state index in [-0.39, 0.29) is 10.0 Å². The fourth-order valence-corrected chi connectivity index (χ4v) is 2.97. The van der Waals surface area contributed by atoms with Crippen LogP contribution >= 0.6 is 46.4 Å². The van der Waals surface area contributed by atoms with Crippen molar-refractivity contribution >= 4 is 54.1 Å².